The van der Waals surface area contributed by atoms with Gasteiger partial charge in [0.1, 0.15) is 0 Å². The molecule has 1 rings (SSSR count). The Balaban J connectivity index is 3.29. The van der Waals surface area contributed by atoms with E-state index in [1.807, 2.05) is 0 Å². The van der Waals surface area contributed by atoms with Crippen molar-refractivity contribution in [3.05, 3.63) is 28.2 Å². The Labute approximate surface area is 76.1 Å². The maximum atomic E-state index is 10.6. The first-order chi connectivity index (χ1) is 5.09. The summed E-state index contributed by atoms with van der Waals surface area (Å²) in [6.45, 7) is 0. The summed E-state index contributed by atoms with van der Waals surface area (Å²) in [4.78, 5) is 0.322. The average Bonchev–Trinajstić information content (AvgIpc) is 1.85. The monoisotopic (exact) mass is 208 g/mol. The molecular formula is C6H4Cl2NOS-. The largest absolute Gasteiger partial charge is 0.440 e. The minimum atomic E-state index is -1.77. The fraction of sp³-hybridized carbons (Fsp3) is 0. The van der Waals surface area contributed by atoms with Gasteiger partial charge in [-0.25, -0.2) is 0 Å². The molecular weight excluding hydrogens is 205 g/mol. The van der Waals surface area contributed by atoms with Crippen molar-refractivity contribution in [2.45, 2.75) is 4.90 Å². The second kappa shape index (κ2) is 3.43. The van der Waals surface area contributed by atoms with Gasteiger partial charge < -0.3 is 8.99 Å². The molecule has 0 aliphatic heterocycles. The molecule has 1 aromatic carbocycles. The van der Waals surface area contributed by atoms with Gasteiger partial charge in [-0.15, -0.1) is 0 Å². The van der Waals surface area contributed by atoms with Crippen molar-refractivity contribution < 1.29 is 4.21 Å². The highest BCUT2D eigenvalue weighted by molar-refractivity contribution is 7.73. The molecule has 0 amide bonds. The molecule has 0 atom stereocenters. The molecule has 2 nitrogen and oxygen atoms in total. The van der Waals surface area contributed by atoms with Gasteiger partial charge in [0, 0.05) is 10.0 Å². The number of nitrogens with one attached hydrogen (secondary N) is 1. The van der Waals surface area contributed by atoms with E-state index in [4.69, 9.17) is 28.0 Å². The van der Waals surface area contributed by atoms with Crippen LogP contribution in [0, 0.1) is 4.78 Å². The lowest BCUT2D eigenvalue weighted by Gasteiger charge is -2.02. The Kier molecular flexibility index (Phi) is 2.76. The van der Waals surface area contributed by atoms with E-state index in [0.717, 1.165) is 0 Å². The minimum absolute atomic E-state index is 0.322. The Morgan fingerprint density at radius 2 is 1.64 bits per heavy atom. The SMILES string of the molecule is N=[S-](=O)c1cc(Cl)cc(Cl)c1. The van der Waals surface area contributed by atoms with Crippen LogP contribution in [0.25, 0.3) is 0 Å². The number of halogens is 2. The van der Waals surface area contributed by atoms with Crippen LogP contribution in [0.5, 0.6) is 0 Å². The highest BCUT2D eigenvalue weighted by Crippen LogP contribution is 2.19. The predicted molar refractivity (Wildman–Crippen MR) is 45.5 cm³/mol. The van der Waals surface area contributed by atoms with Crippen molar-refractivity contribution in [2.75, 3.05) is 0 Å². The van der Waals surface area contributed by atoms with Crippen LogP contribution in [0.15, 0.2) is 23.1 Å². The third kappa shape index (κ3) is 2.36. The summed E-state index contributed by atoms with van der Waals surface area (Å²) >= 11 is 11.2. The summed E-state index contributed by atoms with van der Waals surface area (Å²) in [6.07, 6.45) is 0. The van der Waals surface area contributed by atoms with Crippen LogP contribution < -0.4 is 0 Å². The fourth-order valence-corrected chi connectivity index (χ4v) is 1.76. The Morgan fingerprint density at radius 1 is 1.18 bits per heavy atom. The summed E-state index contributed by atoms with van der Waals surface area (Å²) in [6, 6.07) is 4.44. The van der Waals surface area contributed by atoms with E-state index < -0.39 is 10.6 Å². The maximum Gasteiger partial charge on any atom is 0.0406 e. The molecule has 0 aliphatic rings. The number of hydrogen-bond donors (Lipinski definition) is 1. The fourth-order valence-electron chi connectivity index (χ4n) is 0.636. The molecule has 60 valence electrons. The van der Waals surface area contributed by atoms with Crippen molar-refractivity contribution in [2.24, 2.45) is 0 Å². The first-order valence-electron chi connectivity index (χ1n) is 2.68. The first kappa shape index (κ1) is 8.84. The molecule has 0 saturated carbocycles. The van der Waals surface area contributed by atoms with Crippen molar-refractivity contribution in [1.82, 2.24) is 0 Å². The highest BCUT2D eigenvalue weighted by Gasteiger charge is 1.91. The van der Waals surface area contributed by atoms with Gasteiger partial charge >= 0.3 is 0 Å². The van der Waals surface area contributed by atoms with Crippen molar-refractivity contribution in [3.8, 4) is 0 Å². The summed E-state index contributed by atoms with van der Waals surface area (Å²) in [5, 5.41) is 0.793. The van der Waals surface area contributed by atoms with Crippen molar-refractivity contribution in [3.63, 3.8) is 0 Å². The van der Waals surface area contributed by atoms with Crippen LogP contribution >= 0.6 is 23.2 Å². The molecule has 0 bridgehead atoms. The summed E-state index contributed by atoms with van der Waals surface area (Å²) in [7, 11) is -1.77. The lowest BCUT2D eigenvalue weighted by atomic mass is 10.4. The topological polar surface area (TPSA) is 40.9 Å². The normalized spacial score (nSPS) is 10.5. The van der Waals surface area contributed by atoms with Crippen LogP contribution in [0.2, 0.25) is 10.0 Å². The molecule has 0 fully saturated rings. The highest BCUT2D eigenvalue weighted by atomic mass is 35.5. The van der Waals surface area contributed by atoms with Gasteiger partial charge in [0.05, 0.1) is 0 Å². The second-order valence-corrected chi connectivity index (χ2v) is 3.76. The quantitative estimate of drug-likeness (QED) is 0.709. The van der Waals surface area contributed by atoms with E-state index in [-0.39, 0.29) is 0 Å². The molecule has 0 aromatic heterocycles. The maximum absolute atomic E-state index is 10.6. The van der Waals surface area contributed by atoms with Crippen molar-refractivity contribution in [1.29, 1.82) is 4.78 Å². The van der Waals surface area contributed by atoms with Crippen LogP contribution in [0.3, 0.4) is 0 Å². The third-order valence-corrected chi connectivity index (χ3v) is 2.15. The van der Waals surface area contributed by atoms with Gasteiger partial charge in [-0.1, -0.05) is 40.2 Å². The smallest absolute Gasteiger partial charge is 0.0406 e. The van der Waals surface area contributed by atoms with Gasteiger partial charge in [0.2, 0.25) is 0 Å². The zero-order valence-electron chi connectivity index (χ0n) is 5.30. The van der Waals surface area contributed by atoms with Crippen LogP contribution in [-0.2, 0) is 14.8 Å². The Morgan fingerprint density at radius 3 is 2.00 bits per heavy atom. The zero-order valence-corrected chi connectivity index (χ0v) is 7.63. The van der Waals surface area contributed by atoms with Crippen molar-refractivity contribution >= 4 is 33.8 Å². The average molecular weight is 209 g/mol. The van der Waals surface area contributed by atoms with E-state index in [2.05, 4.69) is 0 Å². The molecule has 1 aromatic rings. The van der Waals surface area contributed by atoms with Crippen LogP contribution in [-0.4, -0.2) is 0 Å². The molecule has 0 heterocycles. The third-order valence-electron chi connectivity index (χ3n) is 1.05. The molecule has 0 saturated heterocycles. The summed E-state index contributed by atoms with van der Waals surface area (Å²) in [5.41, 5.74) is 0. The van der Waals surface area contributed by atoms with Gasteiger partial charge in [-0.3, -0.25) is 0 Å². The Hall–Kier alpha value is -0.250. The lowest BCUT2D eigenvalue weighted by molar-refractivity contribution is 0.599. The van der Waals surface area contributed by atoms with Crippen LogP contribution in [0.4, 0.5) is 0 Å². The minimum Gasteiger partial charge on any atom is -0.440 e. The summed E-state index contributed by atoms with van der Waals surface area (Å²) < 4.78 is 17.5. The number of rotatable bonds is 1. The van der Waals surface area contributed by atoms with Gasteiger partial charge in [0.25, 0.3) is 0 Å². The second-order valence-electron chi connectivity index (χ2n) is 1.87. The molecule has 1 N–H and O–H groups in total. The van der Waals surface area contributed by atoms with E-state index in [9.17, 15) is 4.21 Å². The standard InChI is InChI=1S/C6H4Cl2NOS/c7-4-1-5(8)3-6(2-4)11(9)10/h1-3,9H/q-1. The zero-order chi connectivity index (χ0) is 8.43. The number of benzene rings is 1. The molecule has 0 spiro atoms. The van der Waals surface area contributed by atoms with E-state index >= 15 is 0 Å². The predicted octanol–water partition coefficient (Wildman–Crippen LogP) is 3.08. The van der Waals surface area contributed by atoms with Crippen LogP contribution in [0.1, 0.15) is 0 Å². The van der Waals surface area contributed by atoms with Gasteiger partial charge in [-0.05, 0) is 6.07 Å². The van der Waals surface area contributed by atoms with E-state index in [1.54, 1.807) is 0 Å². The van der Waals surface area contributed by atoms with Gasteiger partial charge in [-0.2, -0.15) is 10.6 Å². The molecule has 0 unspecified atom stereocenters. The molecule has 11 heavy (non-hydrogen) atoms. The molecule has 5 heteroatoms. The molecule has 0 aliphatic carbocycles. The van der Waals surface area contributed by atoms with Gasteiger partial charge in [0.15, 0.2) is 0 Å². The number of hydrogen-bond acceptors (Lipinski definition) is 3. The molecule has 0 radical (unpaired) electrons. The first-order valence-corrected chi connectivity index (χ1v) is 4.59. The van der Waals surface area contributed by atoms with E-state index in [0.29, 0.717) is 14.9 Å². The summed E-state index contributed by atoms with van der Waals surface area (Å²) in [5.74, 6) is 0. The Bertz CT molecular complexity index is 320. The lowest BCUT2D eigenvalue weighted by Crippen LogP contribution is -1.77. The van der Waals surface area contributed by atoms with E-state index in [1.165, 1.54) is 18.2 Å².